The van der Waals surface area contributed by atoms with Gasteiger partial charge in [0.25, 0.3) is 0 Å². The zero-order chi connectivity index (χ0) is 35.8. The third-order valence-electron chi connectivity index (χ3n) is 11.7. The zero-order valence-corrected chi connectivity index (χ0v) is 29.8. The largest absolute Gasteiger partial charge is 0.456 e. The third-order valence-corrected chi connectivity index (χ3v) is 11.7. The molecule has 11 rings (SSSR count). The number of benzene rings is 9. The summed E-state index contributed by atoms with van der Waals surface area (Å²) < 4.78 is 6.91. The van der Waals surface area contributed by atoms with E-state index in [1.54, 1.807) is 0 Å². The number of hydrogen-bond acceptors (Lipinski definition) is 2. The zero-order valence-electron chi connectivity index (χ0n) is 29.8. The predicted molar refractivity (Wildman–Crippen MR) is 226 cm³/mol. The van der Waals surface area contributed by atoms with E-state index >= 15 is 0 Å². The van der Waals surface area contributed by atoms with E-state index < -0.39 is 5.41 Å². The normalized spacial score (nSPS) is 13.1. The van der Waals surface area contributed by atoms with Gasteiger partial charge in [-0.2, -0.15) is 0 Å². The Bertz CT molecular complexity index is 3020. The van der Waals surface area contributed by atoms with Gasteiger partial charge in [-0.15, -0.1) is 0 Å². The SMILES string of the molecule is CC1(c2cc(N(c3ccc(-c4ccccc4)cc3)c3cc4ccccc4c4ccccc34)cc3c2oc2ccccc23)c2ccccc2-c2ccccc21. The van der Waals surface area contributed by atoms with Crippen LogP contribution in [0.2, 0.25) is 0 Å². The Hall–Kier alpha value is -6.90. The van der Waals surface area contributed by atoms with Crippen molar-refractivity contribution in [2.24, 2.45) is 0 Å². The lowest BCUT2D eigenvalue weighted by Crippen LogP contribution is -2.23. The molecule has 1 heterocycles. The molecule has 0 amide bonds. The average Bonchev–Trinajstić information content (AvgIpc) is 3.74. The summed E-state index contributed by atoms with van der Waals surface area (Å²) >= 11 is 0. The summed E-state index contributed by atoms with van der Waals surface area (Å²) in [5.41, 5.74) is 13.3. The molecule has 0 radical (unpaired) electrons. The third kappa shape index (κ3) is 4.47. The summed E-state index contributed by atoms with van der Waals surface area (Å²) in [4.78, 5) is 2.46. The molecule has 0 saturated heterocycles. The summed E-state index contributed by atoms with van der Waals surface area (Å²) in [5.74, 6) is 0. The number of para-hydroxylation sites is 1. The van der Waals surface area contributed by atoms with Gasteiger partial charge >= 0.3 is 0 Å². The van der Waals surface area contributed by atoms with E-state index in [9.17, 15) is 0 Å². The molecule has 0 unspecified atom stereocenters. The van der Waals surface area contributed by atoms with Gasteiger partial charge in [-0.1, -0.05) is 158 Å². The minimum absolute atomic E-state index is 0.469. The first-order valence-electron chi connectivity index (χ1n) is 18.7. The Kier molecular flexibility index (Phi) is 6.72. The lowest BCUT2D eigenvalue weighted by molar-refractivity contribution is 0.638. The fraction of sp³-hybridized carbons (Fsp3) is 0.0385. The van der Waals surface area contributed by atoms with E-state index in [4.69, 9.17) is 4.42 Å². The Labute approximate surface area is 314 Å². The van der Waals surface area contributed by atoms with Crippen molar-refractivity contribution in [3.05, 3.63) is 211 Å². The molecule has 0 spiro atoms. The smallest absolute Gasteiger partial charge is 0.140 e. The number of hydrogen-bond donors (Lipinski definition) is 0. The van der Waals surface area contributed by atoms with Crippen LogP contribution in [0.3, 0.4) is 0 Å². The number of anilines is 3. The Balaban J connectivity index is 1.25. The number of fused-ring (bicyclic) bond motifs is 9. The minimum atomic E-state index is -0.469. The number of furan rings is 1. The van der Waals surface area contributed by atoms with Crippen molar-refractivity contribution in [2.75, 3.05) is 4.90 Å². The highest BCUT2D eigenvalue weighted by Crippen LogP contribution is 2.55. The molecular weight excluding hydrogens is 655 g/mol. The second-order valence-corrected chi connectivity index (χ2v) is 14.6. The fourth-order valence-corrected chi connectivity index (χ4v) is 9.14. The van der Waals surface area contributed by atoms with Crippen LogP contribution in [-0.2, 0) is 5.41 Å². The van der Waals surface area contributed by atoms with Crippen molar-refractivity contribution in [3.63, 3.8) is 0 Å². The molecule has 2 heteroatoms. The maximum atomic E-state index is 6.91. The van der Waals surface area contributed by atoms with Gasteiger partial charge in [-0.3, -0.25) is 0 Å². The highest BCUT2D eigenvalue weighted by molar-refractivity contribution is 6.15. The van der Waals surface area contributed by atoms with Gasteiger partial charge in [-0.25, -0.2) is 0 Å². The maximum Gasteiger partial charge on any atom is 0.140 e. The summed E-state index contributed by atoms with van der Waals surface area (Å²) in [6.07, 6.45) is 0. The molecule has 0 N–H and O–H groups in total. The van der Waals surface area contributed by atoms with E-state index in [0.717, 1.165) is 44.6 Å². The van der Waals surface area contributed by atoms with Crippen molar-refractivity contribution in [1.29, 1.82) is 0 Å². The standard InChI is InChI=1S/C52H35NO/c1-52(46-24-12-9-20-41(46)42-21-10-13-25-47(42)52)48-33-38(32-45-44-23-11-14-26-50(44)54-51(45)48)53(37-29-27-35(28-30-37)34-15-3-2-4-16-34)49-31-36-17-5-6-18-39(36)40-19-7-8-22-43(40)49/h2-33H,1H3. The van der Waals surface area contributed by atoms with Crippen LogP contribution in [0.15, 0.2) is 199 Å². The quantitative estimate of drug-likeness (QED) is 0.167. The topological polar surface area (TPSA) is 16.4 Å². The molecule has 254 valence electrons. The molecule has 1 aromatic heterocycles. The number of nitrogens with zero attached hydrogens (tertiary/aromatic N) is 1. The van der Waals surface area contributed by atoms with Crippen LogP contribution < -0.4 is 4.90 Å². The molecule has 0 atom stereocenters. The van der Waals surface area contributed by atoms with Gasteiger partial charge in [-0.05, 0) is 92.9 Å². The Morgan fingerprint density at radius 2 is 0.981 bits per heavy atom. The van der Waals surface area contributed by atoms with Crippen molar-refractivity contribution < 1.29 is 4.42 Å². The lowest BCUT2D eigenvalue weighted by Gasteiger charge is -2.32. The van der Waals surface area contributed by atoms with Crippen molar-refractivity contribution in [3.8, 4) is 22.3 Å². The van der Waals surface area contributed by atoms with E-state index in [-0.39, 0.29) is 0 Å². The fourth-order valence-electron chi connectivity index (χ4n) is 9.14. The molecule has 0 fully saturated rings. The molecular formula is C52H35NO. The van der Waals surface area contributed by atoms with E-state index in [1.807, 2.05) is 0 Å². The van der Waals surface area contributed by atoms with Gasteiger partial charge < -0.3 is 9.32 Å². The van der Waals surface area contributed by atoms with Gasteiger partial charge in [0, 0.05) is 38.5 Å². The molecule has 54 heavy (non-hydrogen) atoms. The first-order valence-corrected chi connectivity index (χ1v) is 18.7. The second-order valence-electron chi connectivity index (χ2n) is 14.6. The summed E-state index contributed by atoms with van der Waals surface area (Å²) in [6, 6.07) is 70.6. The van der Waals surface area contributed by atoms with Crippen LogP contribution in [0.25, 0.3) is 65.7 Å². The monoisotopic (exact) mass is 689 g/mol. The molecule has 2 nitrogen and oxygen atoms in total. The van der Waals surface area contributed by atoms with Gasteiger partial charge in [0.05, 0.1) is 5.69 Å². The lowest BCUT2D eigenvalue weighted by atomic mass is 9.73. The predicted octanol–water partition coefficient (Wildman–Crippen LogP) is 14.4. The summed E-state index contributed by atoms with van der Waals surface area (Å²) in [7, 11) is 0. The Morgan fingerprint density at radius 3 is 1.72 bits per heavy atom. The molecule has 10 aromatic rings. The van der Waals surface area contributed by atoms with Gasteiger partial charge in [0.15, 0.2) is 0 Å². The summed E-state index contributed by atoms with van der Waals surface area (Å²) in [6.45, 7) is 2.38. The number of rotatable bonds is 5. The first-order chi connectivity index (χ1) is 26.7. The van der Waals surface area contributed by atoms with Crippen molar-refractivity contribution in [2.45, 2.75) is 12.3 Å². The molecule has 0 bridgehead atoms. The van der Waals surface area contributed by atoms with Crippen molar-refractivity contribution in [1.82, 2.24) is 0 Å². The van der Waals surface area contributed by atoms with Crippen molar-refractivity contribution >= 4 is 60.5 Å². The van der Waals surface area contributed by atoms with Gasteiger partial charge in [0.1, 0.15) is 11.2 Å². The second kappa shape index (κ2) is 11.8. The van der Waals surface area contributed by atoms with E-state index in [2.05, 4.69) is 206 Å². The highest BCUT2D eigenvalue weighted by Gasteiger charge is 2.43. The van der Waals surface area contributed by atoms with Crippen LogP contribution in [-0.4, -0.2) is 0 Å². The Morgan fingerprint density at radius 1 is 0.407 bits per heavy atom. The molecule has 0 aliphatic heterocycles. The summed E-state index contributed by atoms with van der Waals surface area (Å²) in [5, 5.41) is 7.11. The van der Waals surface area contributed by atoms with Crippen LogP contribution in [0.4, 0.5) is 17.1 Å². The van der Waals surface area contributed by atoms with Crippen LogP contribution >= 0.6 is 0 Å². The van der Waals surface area contributed by atoms with Crippen LogP contribution in [0.1, 0.15) is 23.6 Å². The molecule has 1 aliphatic carbocycles. The minimum Gasteiger partial charge on any atom is -0.456 e. The van der Waals surface area contributed by atoms with E-state index in [1.165, 1.54) is 54.9 Å². The molecule has 1 aliphatic rings. The first kappa shape index (κ1) is 30.7. The van der Waals surface area contributed by atoms with Crippen LogP contribution in [0.5, 0.6) is 0 Å². The maximum absolute atomic E-state index is 6.91. The molecule has 0 saturated carbocycles. The van der Waals surface area contributed by atoms with Gasteiger partial charge in [0.2, 0.25) is 0 Å². The molecule has 9 aromatic carbocycles. The highest BCUT2D eigenvalue weighted by atomic mass is 16.3. The average molecular weight is 690 g/mol. The van der Waals surface area contributed by atoms with Crippen LogP contribution in [0, 0.1) is 0 Å². The van der Waals surface area contributed by atoms with E-state index in [0.29, 0.717) is 0 Å².